The summed E-state index contributed by atoms with van der Waals surface area (Å²) in [5, 5.41) is 4.47. The first-order valence-corrected chi connectivity index (χ1v) is 5.04. The van der Waals surface area contributed by atoms with Crippen molar-refractivity contribution in [3.8, 4) is 0 Å². The first-order valence-electron chi connectivity index (χ1n) is 5.04. The van der Waals surface area contributed by atoms with Crippen LogP contribution in [-0.4, -0.2) is 9.78 Å². The van der Waals surface area contributed by atoms with Crippen molar-refractivity contribution in [1.82, 2.24) is 9.78 Å². The van der Waals surface area contributed by atoms with E-state index in [1.54, 1.807) is 4.68 Å². The second kappa shape index (κ2) is 3.30. The van der Waals surface area contributed by atoms with Crippen molar-refractivity contribution < 1.29 is 0 Å². The average Bonchev–Trinajstić information content (AvgIpc) is 2.30. The highest BCUT2D eigenvalue weighted by atomic mass is 15.3. The van der Waals surface area contributed by atoms with Gasteiger partial charge in [0.1, 0.15) is 5.82 Å². The zero-order valence-electron chi connectivity index (χ0n) is 10.0. The van der Waals surface area contributed by atoms with E-state index >= 15 is 0 Å². The first kappa shape index (κ1) is 11.1. The van der Waals surface area contributed by atoms with E-state index in [0.717, 1.165) is 17.1 Å². The van der Waals surface area contributed by atoms with E-state index in [0.29, 0.717) is 5.92 Å². The van der Waals surface area contributed by atoms with E-state index in [-0.39, 0.29) is 5.41 Å². The molecule has 3 heteroatoms. The van der Waals surface area contributed by atoms with Gasteiger partial charge in [0.05, 0.1) is 5.69 Å². The summed E-state index contributed by atoms with van der Waals surface area (Å²) in [6.07, 6.45) is 0. The quantitative estimate of drug-likeness (QED) is 0.748. The van der Waals surface area contributed by atoms with E-state index in [1.165, 1.54) is 0 Å². The molecule has 0 aliphatic heterocycles. The number of nitrogen functional groups attached to an aromatic ring is 1. The zero-order valence-corrected chi connectivity index (χ0v) is 10.0. The summed E-state index contributed by atoms with van der Waals surface area (Å²) in [7, 11) is 1.89. The lowest BCUT2D eigenvalue weighted by Gasteiger charge is -2.26. The van der Waals surface area contributed by atoms with Gasteiger partial charge in [0.2, 0.25) is 0 Å². The minimum absolute atomic E-state index is 0.228. The van der Waals surface area contributed by atoms with E-state index in [1.807, 2.05) is 14.0 Å². The molecule has 0 bridgehead atoms. The molecular formula is C11H21N3. The predicted octanol–water partition coefficient (Wildman–Crippen LogP) is 2.46. The number of aryl methyl sites for hydroxylation is 1. The Balaban J connectivity index is 3.14. The molecule has 0 aliphatic carbocycles. The Labute approximate surface area is 86.3 Å². The molecule has 0 saturated heterocycles. The summed E-state index contributed by atoms with van der Waals surface area (Å²) in [6, 6.07) is 0. The van der Waals surface area contributed by atoms with Crippen LogP contribution < -0.4 is 5.73 Å². The minimum atomic E-state index is 0.228. The molecule has 3 nitrogen and oxygen atoms in total. The maximum Gasteiger partial charge on any atom is 0.124 e. The monoisotopic (exact) mass is 195 g/mol. The van der Waals surface area contributed by atoms with Gasteiger partial charge in [-0.05, 0) is 12.3 Å². The van der Waals surface area contributed by atoms with Crippen molar-refractivity contribution in [3.05, 3.63) is 11.3 Å². The Bertz CT molecular complexity index is 331. The zero-order chi connectivity index (χ0) is 11.1. The molecular weight excluding hydrogens is 174 g/mol. The third-order valence-corrected chi connectivity index (χ3v) is 3.08. The Morgan fingerprint density at radius 3 is 2.14 bits per heavy atom. The summed E-state index contributed by atoms with van der Waals surface area (Å²) in [5.41, 5.74) is 8.35. The van der Waals surface area contributed by atoms with Gasteiger partial charge in [0.25, 0.3) is 0 Å². The van der Waals surface area contributed by atoms with Crippen LogP contribution in [0.15, 0.2) is 0 Å². The molecule has 0 fully saturated rings. The van der Waals surface area contributed by atoms with Crippen molar-refractivity contribution in [2.24, 2.45) is 12.5 Å². The fourth-order valence-corrected chi connectivity index (χ4v) is 1.49. The number of aromatic nitrogens is 2. The van der Waals surface area contributed by atoms with Gasteiger partial charge in [-0.15, -0.1) is 0 Å². The maximum atomic E-state index is 5.88. The van der Waals surface area contributed by atoms with E-state index < -0.39 is 0 Å². The van der Waals surface area contributed by atoms with Crippen molar-refractivity contribution in [3.63, 3.8) is 0 Å². The third-order valence-electron chi connectivity index (χ3n) is 3.08. The molecule has 1 aromatic rings. The molecule has 0 amide bonds. The van der Waals surface area contributed by atoms with Crippen molar-refractivity contribution in [1.29, 1.82) is 0 Å². The molecule has 1 atom stereocenters. The summed E-state index contributed by atoms with van der Waals surface area (Å²) >= 11 is 0. The van der Waals surface area contributed by atoms with Crippen LogP contribution in [-0.2, 0) is 7.05 Å². The van der Waals surface area contributed by atoms with Crippen LogP contribution in [0.3, 0.4) is 0 Å². The van der Waals surface area contributed by atoms with E-state index in [4.69, 9.17) is 5.73 Å². The number of hydrogen-bond donors (Lipinski definition) is 1. The highest BCUT2D eigenvalue weighted by Gasteiger charge is 2.26. The Morgan fingerprint density at radius 2 is 1.86 bits per heavy atom. The largest absolute Gasteiger partial charge is 0.384 e. The SMILES string of the molecule is Cc1c(C(C)C(C)(C)C)nn(C)c1N. The molecule has 1 aromatic heterocycles. The molecule has 0 aromatic carbocycles. The molecule has 2 N–H and O–H groups in total. The standard InChI is InChI=1S/C11H21N3/c1-7-9(8(2)11(3,4)5)13-14(6)10(7)12/h8H,12H2,1-6H3. The molecule has 1 heterocycles. The Hall–Kier alpha value is -0.990. The van der Waals surface area contributed by atoms with Gasteiger partial charge in [-0.3, -0.25) is 4.68 Å². The second-order valence-corrected chi connectivity index (χ2v) is 5.11. The number of nitrogens with two attached hydrogens (primary N) is 1. The van der Waals surface area contributed by atoms with Gasteiger partial charge in [-0.25, -0.2) is 0 Å². The Kier molecular flexibility index (Phi) is 2.61. The fourth-order valence-electron chi connectivity index (χ4n) is 1.49. The minimum Gasteiger partial charge on any atom is -0.384 e. The summed E-state index contributed by atoms with van der Waals surface area (Å²) in [5.74, 6) is 1.20. The molecule has 1 rings (SSSR count). The van der Waals surface area contributed by atoms with Crippen LogP contribution in [0, 0.1) is 12.3 Å². The smallest absolute Gasteiger partial charge is 0.124 e. The van der Waals surface area contributed by atoms with Crippen LogP contribution in [0.4, 0.5) is 5.82 Å². The van der Waals surface area contributed by atoms with Crippen LogP contribution in [0.1, 0.15) is 44.9 Å². The summed E-state index contributed by atoms with van der Waals surface area (Å²) < 4.78 is 1.76. The third kappa shape index (κ3) is 1.76. The van der Waals surface area contributed by atoms with Crippen LogP contribution in [0.5, 0.6) is 0 Å². The summed E-state index contributed by atoms with van der Waals surface area (Å²) in [6.45, 7) is 10.9. The van der Waals surface area contributed by atoms with Gasteiger partial charge >= 0.3 is 0 Å². The molecule has 1 unspecified atom stereocenters. The first-order chi connectivity index (χ1) is 6.25. The highest BCUT2D eigenvalue weighted by molar-refractivity contribution is 5.43. The number of nitrogens with zero attached hydrogens (tertiary/aromatic N) is 2. The maximum absolute atomic E-state index is 5.88. The lowest BCUT2D eigenvalue weighted by molar-refractivity contribution is 0.331. The summed E-state index contributed by atoms with van der Waals surface area (Å²) in [4.78, 5) is 0. The number of rotatable bonds is 1. The molecule has 0 radical (unpaired) electrons. The number of anilines is 1. The molecule has 0 aliphatic rings. The topological polar surface area (TPSA) is 43.8 Å². The van der Waals surface area contributed by atoms with Gasteiger partial charge in [0.15, 0.2) is 0 Å². The van der Waals surface area contributed by atoms with Crippen molar-refractivity contribution >= 4 is 5.82 Å². The van der Waals surface area contributed by atoms with Gasteiger partial charge in [-0.2, -0.15) is 5.10 Å². The second-order valence-electron chi connectivity index (χ2n) is 5.11. The number of hydrogen-bond acceptors (Lipinski definition) is 2. The molecule has 0 saturated carbocycles. The van der Waals surface area contributed by atoms with Crippen molar-refractivity contribution in [2.75, 3.05) is 5.73 Å². The molecule has 0 spiro atoms. The van der Waals surface area contributed by atoms with Crippen LogP contribution >= 0.6 is 0 Å². The predicted molar refractivity (Wildman–Crippen MR) is 60.2 cm³/mol. The average molecular weight is 195 g/mol. The van der Waals surface area contributed by atoms with E-state index in [9.17, 15) is 0 Å². The normalized spacial score (nSPS) is 14.4. The molecule has 80 valence electrons. The van der Waals surface area contributed by atoms with Crippen LogP contribution in [0.25, 0.3) is 0 Å². The Morgan fingerprint density at radius 1 is 1.36 bits per heavy atom. The van der Waals surface area contributed by atoms with E-state index in [2.05, 4.69) is 32.8 Å². The fraction of sp³-hybridized carbons (Fsp3) is 0.727. The van der Waals surface area contributed by atoms with Crippen molar-refractivity contribution in [2.45, 2.75) is 40.5 Å². The molecule has 14 heavy (non-hydrogen) atoms. The van der Waals surface area contributed by atoms with Gasteiger partial charge in [-0.1, -0.05) is 27.7 Å². The lowest BCUT2D eigenvalue weighted by atomic mass is 9.79. The van der Waals surface area contributed by atoms with Gasteiger partial charge < -0.3 is 5.73 Å². The highest BCUT2D eigenvalue weighted by Crippen LogP contribution is 2.36. The van der Waals surface area contributed by atoms with Gasteiger partial charge in [0, 0.05) is 18.5 Å². The van der Waals surface area contributed by atoms with Crippen LogP contribution in [0.2, 0.25) is 0 Å². The lowest BCUT2D eigenvalue weighted by Crippen LogP contribution is -2.16.